The first-order chi connectivity index (χ1) is 6.36. The minimum Gasteiger partial charge on any atom is -0.304 e. The van der Waals surface area contributed by atoms with Crippen LogP contribution in [0.15, 0.2) is 30.3 Å². The highest BCUT2D eigenvalue weighted by Gasteiger charge is 2.37. The maximum Gasteiger partial charge on any atom is 0.229 e. The van der Waals surface area contributed by atoms with Gasteiger partial charge in [0, 0.05) is 0 Å². The SMILES string of the molecule is O=C1CC2C=Cc3ccccc3N12. The average Bonchev–Trinajstić information content (AvgIpc) is 2.14. The van der Waals surface area contributed by atoms with Crippen molar-refractivity contribution in [2.75, 3.05) is 4.90 Å². The molecule has 3 rings (SSSR count). The molecule has 0 aliphatic carbocycles. The second kappa shape index (κ2) is 2.22. The standard InChI is InChI=1S/C11H9NO/c13-11-7-9-6-5-8-3-1-2-4-10(8)12(9)11/h1-6,9H,7H2. The summed E-state index contributed by atoms with van der Waals surface area (Å²) < 4.78 is 0. The van der Waals surface area contributed by atoms with Crippen LogP contribution in [-0.2, 0) is 4.79 Å². The summed E-state index contributed by atoms with van der Waals surface area (Å²) in [5.74, 6) is 0.238. The van der Waals surface area contributed by atoms with Crippen LogP contribution in [0.4, 0.5) is 5.69 Å². The molecular formula is C11H9NO. The Morgan fingerprint density at radius 3 is 3.00 bits per heavy atom. The normalized spacial score (nSPS) is 23.5. The zero-order valence-corrected chi connectivity index (χ0v) is 7.10. The summed E-state index contributed by atoms with van der Waals surface area (Å²) in [7, 11) is 0. The quantitative estimate of drug-likeness (QED) is 0.545. The van der Waals surface area contributed by atoms with Gasteiger partial charge in [-0.25, -0.2) is 0 Å². The van der Waals surface area contributed by atoms with E-state index in [1.54, 1.807) is 0 Å². The number of carbonyl (C=O) groups is 1. The molecule has 0 saturated carbocycles. The molecule has 1 saturated heterocycles. The van der Waals surface area contributed by atoms with Gasteiger partial charge in [0.25, 0.3) is 0 Å². The van der Waals surface area contributed by atoms with Crippen LogP contribution < -0.4 is 4.90 Å². The van der Waals surface area contributed by atoms with Crippen LogP contribution in [0.5, 0.6) is 0 Å². The van der Waals surface area contributed by atoms with Gasteiger partial charge in [0.15, 0.2) is 0 Å². The highest BCUT2D eigenvalue weighted by Crippen LogP contribution is 2.35. The number of benzene rings is 1. The van der Waals surface area contributed by atoms with E-state index < -0.39 is 0 Å². The predicted molar refractivity (Wildman–Crippen MR) is 51.4 cm³/mol. The maximum absolute atomic E-state index is 11.3. The summed E-state index contributed by atoms with van der Waals surface area (Å²) in [6, 6.07) is 8.33. The fourth-order valence-corrected chi connectivity index (χ4v) is 1.97. The molecule has 2 aliphatic heterocycles. The van der Waals surface area contributed by atoms with Crippen molar-refractivity contribution in [2.24, 2.45) is 0 Å². The highest BCUT2D eigenvalue weighted by molar-refractivity contribution is 6.04. The molecule has 1 amide bonds. The monoisotopic (exact) mass is 171 g/mol. The Morgan fingerprint density at radius 2 is 2.15 bits per heavy atom. The molecule has 2 heterocycles. The summed E-state index contributed by atoms with van der Waals surface area (Å²) >= 11 is 0. The summed E-state index contributed by atoms with van der Waals surface area (Å²) in [6.07, 6.45) is 4.87. The van der Waals surface area contributed by atoms with E-state index in [9.17, 15) is 4.79 Å². The summed E-state index contributed by atoms with van der Waals surface area (Å²) in [4.78, 5) is 13.2. The fraction of sp³-hybridized carbons (Fsp3) is 0.182. The van der Waals surface area contributed by atoms with E-state index in [0.717, 1.165) is 11.3 Å². The third kappa shape index (κ3) is 0.800. The smallest absolute Gasteiger partial charge is 0.229 e. The lowest BCUT2D eigenvalue weighted by Gasteiger charge is -2.41. The summed E-state index contributed by atoms with van der Waals surface area (Å²) in [6.45, 7) is 0. The van der Waals surface area contributed by atoms with Crippen LogP contribution in [0, 0.1) is 0 Å². The molecule has 0 bridgehead atoms. The Hall–Kier alpha value is -1.57. The van der Waals surface area contributed by atoms with Crippen LogP contribution >= 0.6 is 0 Å². The van der Waals surface area contributed by atoms with Gasteiger partial charge in [-0.05, 0) is 11.6 Å². The van der Waals surface area contributed by atoms with E-state index in [1.165, 1.54) is 0 Å². The molecule has 1 aromatic rings. The topological polar surface area (TPSA) is 20.3 Å². The number of carbonyl (C=O) groups excluding carboxylic acids is 1. The van der Waals surface area contributed by atoms with Crippen molar-refractivity contribution in [1.29, 1.82) is 0 Å². The number of para-hydroxylation sites is 1. The molecule has 1 fully saturated rings. The zero-order valence-electron chi connectivity index (χ0n) is 7.10. The van der Waals surface area contributed by atoms with E-state index in [1.807, 2.05) is 29.2 Å². The van der Waals surface area contributed by atoms with Gasteiger partial charge in [0.05, 0.1) is 18.2 Å². The lowest BCUT2D eigenvalue weighted by atomic mass is 9.93. The van der Waals surface area contributed by atoms with Gasteiger partial charge in [-0.3, -0.25) is 4.79 Å². The van der Waals surface area contributed by atoms with Crippen LogP contribution in [0.2, 0.25) is 0 Å². The fourth-order valence-electron chi connectivity index (χ4n) is 1.97. The van der Waals surface area contributed by atoms with Crippen LogP contribution in [0.25, 0.3) is 6.08 Å². The molecule has 64 valence electrons. The van der Waals surface area contributed by atoms with Crippen LogP contribution in [0.1, 0.15) is 12.0 Å². The Morgan fingerprint density at radius 1 is 1.31 bits per heavy atom. The number of hydrogen-bond acceptors (Lipinski definition) is 1. The highest BCUT2D eigenvalue weighted by atomic mass is 16.2. The van der Waals surface area contributed by atoms with Crippen molar-refractivity contribution >= 4 is 17.7 Å². The number of hydrogen-bond donors (Lipinski definition) is 0. The number of amides is 1. The van der Waals surface area contributed by atoms with Crippen LogP contribution in [-0.4, -0.2) is 11.9 Å². The minimum absolute atomic E-state index is 0.238. The van der Waals surface area contributed by atoms with E-state index in [2.05, 4.69) is 12.2 Å². The van der Waals surface area contributed by atoms with Crippen LogP contribution in [0.3, 0.4) is 0 Å². The van der Waals surface area contributed by atoms with E-state index >= 15 is 0 Å². The van der Waals surface area contributed by atoms with Gasteiger partial charge < -0.3 is 4.90 Å². The van der Waals surface area contributed by atoms with Crippen molar-refractivity contribution in [1.82, 2.24) is 0 Å². The lowest BCUT2D eigenvalue weighted by molar-refractivity contribution is -0.123. The van der Waals surface area contributed by atoms with Crippen molar-refractivity contribution in [3.63, 3.8) is 0 Å². The van der Waals surface area contributed by atoms with Gasteiger partial charge in [-0.1, -0.05) is 30.4 Å². The Labute approximate surface area is 76.5 Å². The molecule has 0 spiro atoms. The number of fused-ring (bicyclic) bond motifs is 3. The number of nitrogens with zero attached hydrogens (tertiary/aromatic N) is 1. The number of rotatable bonds is 0. The first-order valence-electron chi connectivity index (χ1n) is 4.45. The Kier molecular flexibility index (Phi) is 1.18. The third-order valence-electron chi connectivity index (χ3n) is 2.68. The van der Waals surface area contributed by atoms with Gasteiger partial charge in [-0.2, -0.15) is 0 Å². The van der Waals surface area contributed by atoms with Crippen molar-refractivity contribution in [3.05, 3.63) is 35.9 Å². The molecule has 2 nitrogen and oxygen atoms in total. The molecule has 13 heavy (non-hydrogen) atoms. The van der Waals surface area contributed by atoms with Gasteiger partial charge in [-0.15, -0.1) is 0 Å². The number of β-lactam (4-membered cyclic amide) rings is 1. The molecule has 1 unspecified atom stereocenters. The maximum atomic E-state index is 11.3. The van der Waals surface area contributed by atoms with Crippen molar-refractivity contribution < 1.29 is 4.79 Å². The summed E-state index contributed by atoms with van der Waals surface area (Å²) in [5.41, 5.74) is 2.21. The first-order valence-corrected chi connectivity index (χ1v) is 4.45. The third-order valence-corrected chi connectivity index (χ3v) is 2.68. The molecule has 0 N–H and O–H groups in total. The molecule has 1 aromatic carbocycles. The first kappa shape index (κ1) is 6.89. The minimum atomic E-state index is 0.238. The second-order valence-corrected chi connectivity index (χ2v) is 3.45. The molecular weight excluding hydrogens is 162 g/mol. The van der Waals surface area contributed by atoms with E-state index in [4.69, 9.17) is 0 Å². The zero-order chi connectivity index (χ0) is 8.84. The van der Waals surface area contributed by atoms with Gasteiger partial charge in [0.1, 0.15) is 0 Å². The van der Waals surface area contributed by atoms with Crippen molar-refractivity contribution in [3.8, 4) is 0 Å². The van der Waals surface area contributed by atoms with E-state index in [-0.39, 0.29) is 5.91 Å². The average molecular weight is 171 g/mol. The molecule has 1 atom stereocenters. The van der Waals surface area contributed by atoms with Crippen molar-refractivity contribution in [2.45, 2.75) is 12.5 Å². The van der Waals surface area contributed by atoms with E-state index in [0.29, 0.717) is 12.5 Å². The molecule has 2 heteroatoms. The number of anilines is 1. The molecule has 0 aromatic heterocycles. The predicted octanol–water partition coefficient (Wildman–Crippen LogP) is 1.82. The lowest BCUT2D eigenvalue weighted by Crippen LogP contribution is -2.53. The molecule has 0 radical (unpaired) electrons. The molecule has 2 aliphatic rings. The Balaban J connectivity index is 2.17. The second-order valence-electron chi connectivity index (χ2n) is 3.45. The van der Waals surface area contributed by atoms with Gasteiger partial charge >= 0.3 is 0 Å². The van der Waals surface area contributed by atoms with Gasteiger partial charge in [0.2, 0.25) is 5.91 Å². The Bertz CT molecular complexity index is 408. The largest absolute Gasteiger partial charge is 0.304 e. The summed E-state index contributed by atoms with van der Waals surface area (Å²) in [5, 5.41) is 0.